The summed E-state index contributed by atoms with van der Waals surface area (Å²) in [7, 11) is 4.10. The molecule has 21 heavy (non-hydrogen) atoms. The predicted molar refractivity (Wildman–Crippen MR) is 84.0 cm³/mol. The van der Waals surface area contributed by atoms with Crippen molar-refractivity contribution in [2.75, 3.05) is 20.6 Å². The fourth-order valence-electron chi connectivity index (χ4n) is 2.73. The first-order chi connectivity index (χ1) is 9.81. The molecule has 0 aliphatic carbocycles. The first kappa shape index (κ1) is 15.5. The molecule has 114 valence electrons. The minimum atomic E-state index is -0.918. The van der Waals surface area contributed by atoms with E-state index in [2.05, 4.69) is 35.2 Å². The van der Waals surface area contributed by atoms with Crippen LogP contribution in [0.3, 0.4) is 0 Å². The number of aromatic nitrogens is 2. The molecule has 0 amide bonds. The van der Waals surface area contributed by atoms with Gasteiger partial charge in [0.2, 0.25) is 0 Å². The van der Waals surface area contributed by atoms with Gasteiger partial charge in [-0.2, -0.15) is 0 Å². The molecule has 1 aromatic carbocycles. The molecule has 5 heteroatoms. The van der Waals surface area contributed by atoms with Gasteiger partial charge in [-0.1, -0.05) is 13.8 Å². The molecule has 0 radical (unpaired) electrons. The highest BCUT2D eigenvalue weighted by molar-refractivity contribution is 5.92. The third-order valence-electron chi connectivity index (χ3n) is 3.55. The number of carboxylic acid groups (broad SMARTS) is 1. The Kier molecular flexibility index (Phi) is 4.32. The van der Waals surface area contributed by atoms with E-state index in [1.54, 1.807) is 12.1 Å². The number of imidazole rings is 1. The van der Waals surface area contributed by atoms with E-state index in [1.165, 1.54) is 0 Å². The van der Waals surface area contributed by atoms with Crippen LogP contribution in [0.25, 0.3) is 11.0 Å². The van der Waals surface area contributed by atoms with E-state index >= 15 is 0 Å². The van der Waals surface area contributed by atoms with E-state index in [-0.39, 0.29) is 17.5 Å². The highest BCUT2D eigenvalue weighted by Crippen LogP contribution is 2.27. The van der Waals surface area contributed by atoms with Gasteiger partial charge in [-0.15, -0.1) is 0 Å². The van der Waals surface area contributed by atoms with E-state index in [4.69, 9.17) is 5.11 Å². The Morgan fingerprint density at radius 1 is 1.33 bits per heavy atom. The number of fused-ring (bicyclic) bond motifs is 1. The summed E-state index contributed by atoms with van der Waals surface area (Å²) in [5.74, 6) is 0.371. The summed E-state index contributed by atoms with van der Waals surface area (Å²) in [5, 5.41) is 9.12. The summed E-state index contributed by atoms with van der Waals surface area (Å²) in [6.45, 7) is 7.29. The number of aromatic carboxylic acids is 1. The molecule has 2 rings (SSSR count). The van der Waals surface area contributed by atoms with Crippen molar-refractivity contribution in [1.82, 2.24) is 14.5 Å². The topological polar surface area (TPSA) is 58.4 Å². The van der Waals surface area contributed by atoms with Gasteiger partial charge < -0.3 is 14.6 Å². The number of rotatable bonds is 5. The molecule has 2 aromatic rings. The zero-order valence-electron chi connectivity index (χ0n) is 13.3. The third-order valence-corrected chi connectivity index (χ3v) is 3.55. The molecule has 0 aliphatic rings. The van der Waals surface area contributed by atoms with Gasteiger partial charge >= 0.3 is 5.97 Å². The van der Waals surface area contributed by atoms with Gasteiger partial charge in [-0.05, 0) is 39.2 Å². The maximum Gasteiger partial charge on any atom is 0.335 e. The number of hydrogen-bond acceptors (Lipinski definition) is 3. The van der Waals surface area contributed by atoms with Crippen LogP contribution in [0.4, 0.5) is 0 Å². The molecule has 0 fully saturated rings. The second-order valence-electron chi connectivity index (χ2n) is 6.11. The van der Waals surface area contributed by atoms with Crippen molar-refractivity contribution >= 4 is 17.0 Å². The number of hydrogen-bond donors (Lipinski definition) is 1. The van der Waals surface area contributed by atoms with Crippen LogP contribution >= 0.6 is 0 Å². The van der Waals surface area contributed by atoms with E-state index in [9.17, 15) is 4.79 Å². The largest absolute Gasteiger partial charge is 0.478 e. The molecule has 5 nitrogen and oxygen atoms in total. The van der Waals surface area contributed by atoms with Crippen molar-refractivity contribution in [1.29, 1.82) is 0 Å². The van der Waals surface area contributed by atoms with E-state index in [0.29, 0.717) is 0 Å². The van der Waals surface area contributed by atoms with Gasteiger partial charge in [-0.3, -0.25) is 0 Å². The molecule has 0 saturated heterocycles. The maximum absolute atomic E-state index is 11.1. The molecule has 0 spiro atoms. The molecule has 1 aromatic heterocycles. The van der Waals surface area contributed by atoms with Gasteiger partial charge in [0.05, 0.1) is 16.6 Å². The summed E-state index contributed by atoms with van der Waals surface area (Å²) in [6, 6.07) is 5.44. The molecule has 0 bridgehead atoms. The Hall–Kier alpha value is -1.88. The van der Waals surface area contributed by atoms with Gasteiger partial charge in [-0.25, -0.2) is 9.78 Å². The summed E-state index contributed by atoms with van der Waals surface area (Å²) >= 11 is 0. The highest BCUT2D eigenvalue weighted by Gasteiger charge is 2.19. The lowest BCUT2D eigenvalue weighted by Crippen LogP contribution is -2.24. The van der Waals surface area contributed by atoms with Gasteiger partial charge in [0.1, 0.15) is 5.82 Å². The molecule has 1 N–H and O–H groups in total. The van der Waals surface area contributed by atoms with E-state index < -0.39 is 5.97 Å². The first-order valence-electron chi connectivity index (χ1n) is 7.21. The standard InChI is InChI=1S/C16H23N3O2/c1-10(2)15-17-13-8-12(16(20)21)6-7-14(13)19(15)11(3)9-18(4)5/h6-8,10-11H,9H2,1-5H3,(H,20,21). The van der Waals surface area contributed by atoms with Crippen LogP contribution in [0.1, 0.15) is 48.9 Å². The Balaban J connectivity index is 2.60. The molecular formula is C16H23N3O2. The first-order valence-corrected chi connectivity index (χ1v) is 7.21. The monoisotopic (exact) mass is 289 g/mol. The maximum atomic E-state index is 11.1. The number of carboxylic acids is 1. The number of carbonyl (C=O) groups is 1. The van der Waals surface area contributed by atoms with Crippen molar-refractivity contribution in [2.24, 2.45) is 0 Å². The number of likely N-dealkylation sites (N-methyl/N-ethyl adjacent to an activating group) is 1. The highest BCUT2D eigenvalue weighted by atomic mass is 16.4. The van der Waals surface area contributed by atoms with Gasteiger partial charge in [0.25, 0.3) is 0 Å². The van der Waals surface area contributed by atoms with E-state index in [0.717, 1.165) is 23.4 Å². The molecular weight excluding hydrogens is 266 g/mol. The summed E-state index contributed by atoms with van der Waals surface area (Å²) < 4.78 is 2.23. The van der Waals surface area contributed by atoms with E-state index in [1.807, 2.05) is 20.2 Å². The Labute approximate surface area is 125 Å². The predicted octanol–water partition coefficient (Wildman–Crippen LogP) is 2.98. The quantitative estimate of drug-likeness (QED) is 0.919. The molecule has 1 atom stereocenters. The fourth-order valence-corrected chi connectivity index (χ4v) is 2.73. The minimum absolute atomic E-state index is 0.276. The van der Waals surface area contributed by atoms with Gasteiger partial charge in [0, 0.05) is 18.5 Å². The minimum Gasteiger partial charge on any atom is -0.478 e. The molecule has 0 saturated carbocycles. The molecule has 1 unspecified atom stereocenters. The van der Waals surface area contributed by atoms with Crippen LogP contribution in [-0.2, 0) is 0 Å². The van der Waals surface area contributed by atoms with Crippen molar-refractivity contribution in [2.45, 2.75) is 32.7 Å². The van der Waals surface area contributed by atoms with Crippen LogP contribution in [0.5, 0.6) is 0 Å². The Bertz CT molecular complexity index is 659. The second-order valence-corrected chi connectivity index (χ2v) is 6.11. The summed E-state index contributed by atoms with van der Waals surface area (Å²) in [5.41, 5.74) is 2.03. The molecule has 1 heterocycles. The zero-order valence-corrected chi connectivity index (χ0v) is 13.3. The van der Waals surface area contributed by atoms with Crippen LogP contribution in [0.15, 0.2) is 18.2 Å². The van der Waals surface area contributed by atoms with Crippen molar-refractivity contribution in [3.8, 4) is 0 Å². The Morgan fingerprint density at radius 3 is 2.52 bits per heavy atom. The zero-order chi connectivity index (χ0) is 15.7. The van der Waals surface area contributed by atoms with Crippen molar-refractivity contribution in [3.63, 3.8) is 0 Å². The van der Waals surface area contributed by atoms with Crippen molar-refractivity contribution in [3.05, 3.63) is 29.6 Å². The second kappa shape index (κ2) is 5.85. The average Bonchev–Trinajstić information content (AvgIpc) is 2.76. The fraction of sp³-hybridized carbons (Fsp3) is 0.500. The Morgan fingerprint density at radius 2 is 2.00 bits per heavy atom. The lowest BCUT2D eigenvalue weighted by Gasteiger charge is -2.22. The van der Waals surface area contributed by atoms with Crippen LogP contribution in [0, 0.1) is 0 Å². The molecule has 0 aliphatic heterocycles. The number of nitrogens with zero attached hydrogens (tertiary/aromatic N) is 3. The van der Waals surface area contributed by atoms with Crippen LogP contribution < -0.4 is 0 Å². The smallest absolute Gasteiger partial charge is 0.335 e. The van der Waals surface area contributed by atoms with Crippen molar-refractivity contribution < 1.29 is 9.90 Å². The third kappa shape index (κ3) is 3.08. The average molecular weight is 289 g/mol. The van der Waals surface area contributed by atoms with Crippen LogP contribution in [0.2, 0.25) is 0 Å². The summed E-state index contributed by atoms with van der Waals surface area (Å²) in [6.07, 6.45) is 0. The number of benzene rings is 1. The lowest BCUT2D eigenvalue weighted by molar-refractivity contribution is 0.0697. The van der Waals surface area contributed by atoms with Gasteiger partial charge in [0.15, 0.2) is 0 Å². The lowest BCUT2D eigenvalue weighted by atomic mass is 10.1. The SMILES string of the molecule is CC(C)c1nc2cc(C(=O)O)ccc2n1C(C)CN(C)C. The van der Waals surface area contributed by atoms with Crippen LogP contribution in [-0.4, -0.2) is 46.2 Å². The summed E-state index contributed by atoms with van der Waals surface area (Å²) in [4.78, 5) is 17.9. The normalized spacial score (nSPS) is 13.3.